The average Bonchev–Trinajstić information content (AvgIpc) is 3.02. The van der Waals surface area contributed by atoms with Gasteiger partial charge in [-0.05, 0) is 43.0 Å². The zero-order valence-electron chi connectivity index (χ0n) is 12.4. The van der Waals surface area contributed by atoms with E-state index in [1.54, 1.807) is 34.4 Å². The SMILES string of the molecule is O=S(=O)(c1ccc(Cl)s1)N1CCC(CSc2ccccn2)CC1. The summed E-state index contributed by atoms with van der Waals surface area (Å²) < 4.78 is 27.5. The molecule has 124 valence electrons. The number of thiophene rings is 1. The first-order valence-electron chi connectivity index (χ1n) is 7.35. The summed E-state index contributed by atoms with van der Waals surface area (Å²) in [4.78, 5) is 4.30. The summed E-state index contributed by atoms with van der Waals surface area (Å²) >= 11 is 8.72. The number of hydrogen-bond donors (Lipinski definition) is 0. The molecule has 2 aromatic heterocycles. The molecule has 0 unspecified atom stereocenters. The fourth-order valence-electron chi connectivity index (χ4n) is 2.52. The Morgan fingerprint density at radius 2 is 2.04 bits per heavy atom. The van der Waals surface area contributed by atoms with Gasteiger partial charge in [-0.15, -0.1) is 23.1 Å². The summed E-state index contributed by atoms with van der Waals surface area (Å²) in [7, 11) is -3.38. The Labute approximate surface area is 149 Å². The van der Waals surface area contributed by atoms with Crippen molar-refractivity contribution in [3.8, 4) is 0 Å². The Morgan fingerprint density at radius 3 is 2.65 bits per heavy atom. The second kappa shape index (κ2) is 7.53. The molecule has 1 aliphatic heterocycles. The summed E-state index contributed by atoms with van der Waals surface area (Å²) in [6.07, 6.45) is 3.57. The maximum Gasteiger partial charge on any atom is 0.252 e. The zero-order valence-corrected chi connectivity index (χ0v) is 15.6. The van der Waals surface area contributed by atoms with Gasteiger partial charge in [-0.2, -0.15) is 4.31 Å². The van der Waals surface area contributed by atoms with Gasteiger partial charge >= 0.3 is 0 Å². The lowest BCUT2D eigenvalue weighted by Crippen LogP contribution is -2.38. The van der Waals surface area contributed by atoms with E-state index in [0.29, 0.717) is 27.6 Å². The number of piperidine rings is 1. The van der Waals surface area contributed by atoms with E-state index < -0.39 is 10.0 Å². The molecule has 8 heteroatoms. The van der Waals surface area contributed by atoms with Gasteiger partial charge in [-0.25, -0.2) is 13.4 Å². The Balaban J connectivity index is 1.54. The molecule has 4 nitrogen and oxygen atoms in total. The molecule has 0 aliphatic carbocycles. The van der Waals surface area contributed by atoms with E-state index in [-0.39, 0.29) is 0 Å². The smallest absolute Gasteiger partial charge is 0.250 e. The second-order valence-corrected chi connectivity index (χ2v) is 10.3. The molecule has 2 aromatic rings. The summed E-state index contributed by atoms with van der Waals surface area (Å²) in [5.74, 6) is 1.51. The topological polar surface area (TPSA) is 50.3 Å². The molecule has 1 fully saturated rings. The van der Waals surface area contributed by atoms with Gasteiger partial charge in [0.2, 0.25) is 0 Å². The third-order valence-electron chi connectivity index (χ3n) is 3.82. The number of hydrogen-bond acceptors (Lipinski definition) is 5. The maximum atomic E-state index is 12.5. The first-order valence-corrected chi connectivity index (χ1v) is 11.0. The predicted octanol–water partition coefficient (Wildman–Crippen LogP) is 3.99. The number of halogens is 1. The molecule has 0 amide bonds. The van der Waals surface area contributed by atoms with Gasteiger partial charge in [0, 0.05) is 25.0 Å². The van der Waals surface area contributed by atoms with Crippen LogP contribution in [0.25, 0.3) is 0 Å². The molecule has 0 saturated carbocycles. The Bertz CT molecular complexity index is 741. The van der Waals surface area contributed by atoms with Crippen molar-refractivity contribution in [3.63, 3.8) is 0 Å². The molecule has 0 bridgehead atoms. The largest absolute Gasteiger partial charge is 0.252 e. The van der Waals surface area contributed by atoms with Crippen LogP contribution in [0.2, 0.25) is 4.34 Å². The monoisotopic (exact) mass is 388 g/mol. The zero-order chi connectivity index (χ0) is 16.3. The van der Waals surface area contributed by atoms with Crippen LogP contribution in [0.5, 0.6) is 0 Å². The van der Waals surface area contributed by atoms with Gasteiger partial charge in [0.25, 0.3) is 10.0 Å². The van der Waals surface area contributed by atoms with Gasteiger partial charge in [-0.3, -0.25) is 0 Å². The molecule has 3 heterocycles. The molecule has 0 radical (unpaired) electrons. The van der Waals surface area contributed by atoms with Gasteiger partial charge < -0.3 is 0 Å². The third kappa shape index (κ3) is 4.28. The summed E-state index contributed by atoms with van der Waals surface area (Å²) in [6, 6.07) is 9.12. The first-order chi connectivity index (χ1) is 11.1. The van der Waals surface area contributed by atoms with Gasteiger partial charge in [-0.1, -0.05) is 17.7 Å². The van der Waals surface area contributed by atoms with E-state index in [9.17, 15) is 8.42 Å². The lowest BCUT2D eigenvalue weighted by Gasteiger charge is -2.30. The fourth-order valence-corrected chi connectivity index (χ4v) is 6.67. The van der Waals surface area contributed by atoms with Crippen molar-refractivity contribution in [2.75, 3.05) is 18.8 Å². The molecule has 1 saturated heterocycles. The molecule has 0 N–H and O–H groups in total. The Hall–Kier alpha value is -0.600. The highest BCUT2D eigenvalue weighted by atomic mass is 35.5. The van der Waals surface area contributed by atoms with E-state index in [2.05, 4.69) is 4.98 Å². The van der Waals surface area contributed by atoms with Crippen molar-refractivity contribution in [1.29, 1.82) is 0 Å². The second-order valence-electron chi connectivity index (χ2n) is 5.38. The summed E-state index contributed by atoms with van der Waals surface area (Å²) in [5.41, 5.74) is 0. The van der Waals surface area contributed by atoms with Crippen molar-refractivity contribution in [3.05, 3.63) is 40.9 Å². The molecule has 3 rings (SSSR count). The molecule has 0 aromatic carbocycles. The minimum atomic E-state index is -3.38. The standard InChI is InChI=1S/C15H17ClN2O2S3/c16-13-4-5-15(22-13)23(19,20)18-9-6-12(7-10-18)11-21-14-3-1-2-8-17-14/h1-5,8,12H,6-7,9-11H2. The maximum absolute atomic E-state index is 12.5. The number of nitrogens with zero attached hydrogens (tertiary/aromatic N) is 2. The number of sulfonamides is 1. The number of rotatable bonds is 5. The number of aromatic nitrogens is 1. The highest BCUT2D eigenvalue weighted by molar-refractivity contribution is 7.99. The van der Waals surface area contributed by atoms with E-state index in [0.717, 1.165) is 35.0 Å². The van der Waals surface area contributed by atoms with E-state index in [4.69, 9.17) is 11.6 Å². The minimum Gasteiger partial charge on any atom is -0.250 e. The van der Waals surface area contributed by atoms with Gasteiger partial charge in [0.1, 0.15) is 4.21 Å². The van der Waals surface area contributed by atoms with Gasteiger partial charge in [0.15, 0.2) is 0 Å². The molecule has 0 spiro atoms. The summed E-state index contributed by atoms with van der Waals surface area (Å²) in [6.45, 7) is 1.15. The van der Waals surface area contributed by atoms with Crippen LogP contribution in [0.1, 0.15) is 12.8 Å². The van der Waals surface area contributed by atoms with Crippen LogP contribution >= 0.6 is 34.7 Å². The average molecular weight is 389 g/mol. The molecular weight excluding hydrogens is 372 g/mol. The third-order valence-corrected chi connectivity index (χ3v) is 8.59. The predicted molar refractivity (Wildman–Crippen MR) is 95.8 cm³/mol. The summed E-state index contributed by atoms with van der Waals surface area (Å²) in [5, 5.41) is 1.02. The normalized spacial score (nSPS) is 17.4. The van der Waals surface area contributed by atoms with Crippen LogP contribution in [-0.4, -0.2) is 36.5 Å². The van der Waals surface area contributed by atoms with Crippen LogP contribution in [0.4, 0.5) is 0 Å². The lowest BCUT2D eigenvalue weighted by atomic mass is 10.0. The molecule has 23 heavy (non-hydrogen) atoms. The molecular formula is C15H17ClN2O2S3. The Kier molecular flexibility index (Phi) is 5.64. The number of thioether (sulfide) groups is 1. The van der Waals surface area contributed by atoms with Gasteiger partial charge in [0.05, 0.1) is 9.36 Å². The van der Waals surface area contributed by atoms with Crippen LogP contribution in [-0.2, 0) is 10.0 Å². The van der Waals surface area contributed by atoms with E-state index in [1.807, 2.05) is 18.2 Å². The van der Waals surface area contributed by atoms with Crippen molar-refractivity contribution in [2.24, 2.45) is 5.92 Å². The highest BCUT2D eigenvalue weighted by Gasteiger charge is 2.30. The van der Waals surface area contributed by atoms with Crippen molar-refractivity contribution in [2.45, 2.75) is 22.1 Å². The van der Waals surface area contributed by atoms with Crippen molar-refractivity contribution in [1.82, 2.24) is 9.29 Å². The first kappa shape index (κ1) is 17.2. The number of pyridine rings is 1. The minimum absolute atomic E-state index is 0.337. The van der Waals surface area contributed by atoms with Crippen LogP contribution < -0.4 is 0 Å². The Morgan fingerprint density at radius 1 is 1.26 bits per heavy atom. The van der Waals surface area contributed by atoms with Crippen LogP contribution in [0.15, 0.2) is 45.8 Å². The van der Waals surface area contributed by atoms with E-state index >= 15 is 0 Å². The molecule has 0 atom stereocenters. The lowest BCUT2D eigenvalue weighted by molar-refractivity contribution is 0.291. The van der Waals surface area contributed by atoms with Crippen LogP contribution in [0, 0.1) is 5.92 Å². The quantitative estimate of drug-likeness (QED) is 0.726. The fraction of sp³-hybridized carbons (Fsp3) is 0.400. The van der Waals surface area contributed by atoms with Crippen molar-refractivity contribution >= 4 is 44.7 Å². The van der Waals surface area contributed by atoms with E-state index in [1.165, 1.54) is 0 Å². The highest BCUT2D eigenvalue weighted by Crippen LogP contribution is 2.31. The van der Waals surface area contributed by atoms with Crippen LogP contribution in [0.3, 0.4) is 0 Å². The van der Waals surface area contributed by atoms with Crippen molar-refractivity contribution < 1.29 is 8.42 Å². The molecule has 1 aliphatic rings.